The molecular formula is C25H29N3O3. The minimum atomic E-state index is -0.0504. The van der Waals surface area contributed by atoms with E-state index in [2.05, 4.69) is 22.0 Å². The highest BCUT2D eigenvalue weighted by molar-refractivity contribution is 5.91. The zero-order valence-corrected chi connectivity index (χ0v) is 17.9. The van der Waals surface area contributed by atoms with Crippen LogP contribution in [0.3, 0.4) is 0 Å². The van der Waals surface area contributed by atoms with Gasteiger partial charge < -0.3 is 19.0 Å². The SMILES string of the molecule is COc1ccc(CCN2CCC(N(Cc3cccnc3)C(=O)c3ccco3)CC2)cc1. The van der Waals surface area contributed by atoms with Crippen LogP contribution in [-0.4, -0.2) is 53.5 Å². The Labute approximate surface area is 183 Å². The monoisotopic (exact) mass is 419 g/mol. The number of carbonyl (C=O) groups is 1. The topological polar surface area (TPSA) is 58.8 Å². The van der Waals surface area contributed by atoms with Gasteiger partial charge in [0.25, 0.3) is 5.91 Å². The van der Waals surface area contributed by atoms with Gasteiger partial charge in [-0.3, -0.25) is 9.78 Å². The summed E-state index contributed by atoms with van der Waals surface area (Å²) >= 11 is 0. The number of amides is 1. The lowest BCUT2D eigenvalue weighted by molar-refractivity contribution is 0.0520. The number of benzene rings is 1. The molecule has 1 aromatic carbocycles. The maximum absolute atomic E-state index is 13.1. The maximum Gasteiger partial charge on any atom is 0.290 e. The van der Waals surface area contributed by atoms with Crippen molar-refractivity contribution >= 4 is 5.91 Å². The van der Waals surface area contributed by atoms with E-state index in [9.17, 15) is 4.79 Å². The highest BCUT2D eigenvalue weighted by Crippen LogP contribution is 2.22. The molecule has 0 atom stereocenters. The van der Waals surface area contributed by atoms with Crippen LogP contribution in [0, 0.1) is 0 Å². The van der Waals surface area contributed by atoms with Gasteiger partial charge in [-0.15, -0.1) is 0 Å². The average Bonchev–Trinajstić information content (AvgIpc) is 3.37. The molecule has 6 nitrogen and oxygen atoms in total. The number of pyridine rings is 1. The third kappa shape index (κ3) is 5.52. The van der Waals surface area contributed by atoms with Crippen LogP contribution in [-0.2, 0) is 13.0 Å². The molecule has 0 N–H and O–H groups in total. The minimum Gasteiger partial charge on any atom is -0.497 e. The van der Waals surface area contributed by atoms with Gasteiger partial charge in [-0.25, -0.2) is 0 Å². The molecule has 31 heavy (non-hydrogen) atoms. The Morgan fingerprint density at radius 2 is 1.94 bits per heavy atom. The number of likely N-dealkylation sites (tertiary alicyclic amines) is 1. The van der Waals surface area contributed by atoms with Crippen LogP contribution < -0.4 is 4.74 Å². The first-order valence-electron chi connectivity index (χ1n) is 10.8. The summed E-state index contributed by atoms with van der Waals surface area (Å²) in [5.74, 6) is 1.23. The highest BCUT2D eigenvalue weighted by atomic mass is 16.5. The standard InChI is InChI=1S/C25H29N3O3/c1-30-23-8-6-20(7-9-23)10-14-27-15-11-22(12-16-27)28(19-21-4-2-13-26-18-21)25(29)24-5-3-17-31-24/h2-9,13,17-18,22H,10-12,14-16,19H2,1H3. The Morgan fingerprint density at radius 1 is 1.13 bits per heavy atom. The first-order valence-corrected chi connectivity index (χ1v) is 10.8. The molecule has 0 spiro atoms. The van der Waals surface area contributed by atoms with Crippen LogP contribution in [0.2, 0.25) is 0 Å². The molecule has 3 aromatic rings. The third-order valence-electron chi connectivity index (χ3n) is 5.94. The van der Waals surface area contributed by atoms with Crippen LogP contribution in [0.25, 0.3) is 0 Å². The van der Waals surface area contributed by atoms with Crippen molar-refractivity contribution < 1.29 is 13.9 Å². The Kier molecular flexibility index (Phi) is 6.99. The zero-order chi connectivity index (χ0) is 21.5. The van der Waals surface area contributed by atoms with Gasteiger partial charge in [-0.05, 0) is 60.7 Å². The number of piperidine rings is 1. The molecule has 162 valence electrons. The van der Waals surface area contributed by atoms with Gasteiger partial charge in [0.05, 0.1) is 13.4 Å². The van der Waals surface area contributed by atoms with Crippen molar-refractivity contribution in [1.82, 2.24) is 14.8 Å². The van der Waals surface area contributed by atoms with E-state index in [1.807, 2.05) is 35.4 Å². The average molecular weight is 420 g/mol. The number of ether oxygens (including phenoxy) is 1. The molecule has 0 saturated carbocycles. The number of aromatic nitrogens is 1. The number of carbonyl (C=O) groups excluding carboxylic acids is 1. The van der Waals surface area contributed by atoms with Crippen molar-refractivity contribution in [2.24, 2.45) is 0 Å². The fourth-order valence-electron chi connectivity index (χ4n) is 4.13. The number of hydrogen-bond donors (Lipinski definition) is 0. The van der Waals surface area contributed by atoms with Crippen molar-refractivity contribution in [2.45, 2.75) is 31.8 Å². The summed E-state index contributed by atoms with van der Waals surface area (Å²) in [5, 5.41) is 0. The van der Waals surface area contributed by atoms with Crippen LogP contribution in [0.5, 0.6) is 5.75 Å². The molecule has 1 amide bonds. The molecule has 1 saturated heterocycles. The second-order valence-electron chi connectivity index (χ2n) is 7.94. The quantitative estimate of drug-likeness (QED) is 0.552. The predicted molar refractivity (Wildman–Crippen MR) is 119 cm³/mol. The molecular weight excluding hydrogens is 390 g/mol. The van der Waals surface area contributed by atoms with E-state index in [1.54, 1.807) is 31.7 Å². The Morgan fingerprint density at radius 3 is 2.58 bits per heavy atom. The molecule has 3 heterocycles. The lowest BCUT2D eigenvalue weighted by Gasteiger charge is -2.38. The van der Waals surface area contributed by atoms with Gasteiger partial charge in [0.1, 0.15) is 5.75 Å². The van der Waals surface area contributed by atoms with E-state index in [0.717, 1.165) is 50.2 Å². The summed E-state index contributed by atoms with van der Waals surface area (Å²) in [6.45, 7) is 3.53. The third-order valence-corrected chi connectivity index (χ3v) is 5.94. The van der Waals surface area contributed by atoms with Crippen LogP contribution >= 0.6 is 0 Å². The number of hydrogen-bond acceptors (Lipinski definition) is 5. The lowest BCUT2D eigenvalue weighted by atomic mass is 10.0. The number of furan rings is 1. The largest absolute Gasteiger partial charge is 0.497 e. The van der Waals surface area contributed by atoms with Gasteiger partial charge in [-0.1, -0.05) is 18.2 Å². The molecule has 0 unspecified atom stereocenters. The molecule has 4 rings (SSSR count). The normalized spacial score (nSPS) is 15.0. The fourth-order valence-corrected chi connectivity index (χ4v) is 4.13. The van der Waals surface area contributed by atoms with Gasteiger partial charge in [0.2, 0.25) is 0 Å². The second-order valence-corrected chi connectivity index (χ2v) is 7.94. The van der Waals surface area contributed by atoms with Crippen LogP contribution in [0.4, 0.5) is 0 Å². The molecule has 2 aromatic heterocycles. The zero-order valence-electron chi connectivity index (χ0n) is 17.9. The van der Waals surface area contributed by atoms with E-state index >= 15 is 0 Å². The molecule has 1 aliphatic heterocycles. The summed E-state index contributed by atoms with van der Waals surface area (Å²) in [5.41, 5.74) is 2.35. The van der Waals surface area contributed by atoms with Gasteiger partial charge >= 0.3 is 0 Å². The smallest absolute Gasteiger partial charge is 0.290 e. The van der Waals surface area contributed by atoms with Gasteiger partial charge in [-0.2, -0.15) is 0 Å². The number of rotatable bonds is 8. The first kappa shape index (κ1) is 21.1. The van der Waals surface area contributed by atoms with Gasteiger partial charge in [0.15, 0.2) is 5.76 Å². The number of nitrogens with zero attached hydrogens (tertiary/aromatic N) is 3. The van der Waals surface area contributed by atoms with Crippen molar-refractivity contribution in [2.75, 3.05) is 26.7 Å². The Balaban J connectivity index is 1.35. The summed E-state index contributed by atoms with van der Waals surface area (Å²) in [4.78, 5) is 21.8. The fraction of sp³-hybridized carbons (Fsp3) is 0.360. The van der Waals surface area contributed by atoms with Crippen LogP contribution in [0.1, 0.15) is 34.5 Å². The molecule has 0 aliphatic carbocycles. The maximum atomic E-state index is 13.1. The second kappa shape index (κ2) is 10.3. The number of methoxy groups -OCH3 is 1. The Bertz CT molecular complexity index is 934. The van der Waals surface area contributed by atoms with Crippen molar-refractivity contribution in [3.8, 4) is 5.75 Å². The van der Waals surface area contributed by atoms with Crippen LogP contribution in [0.15, 0.2) is 71.6 Å². The van der Waals surface area contributed by atoms with Gasteiger partial charge in [0, 0.05) is 44.6 Å². The van der Waals surface area contributed by atoms with Crippen molar-refractivity contribution in [1.29, 1.82) is 0 Å². The van der Waals surface area contributed by atoms with E-state index in [4.69, 9.17) is 9.15 Å². The molecule has 1 fully saturated rings. The Hall–Kier alpha value is -3.12. The summed E-state index contributed by atoms with van der Waals surface area (Å²) < 4.78 is 10.6. The summed E-state index contributed by atoms with van der Waals surface area (Å²) in [7, 11) is 1.69. The highest BCUT2D eigenvalue weighted by Gasteiger charge is 2.29. The van der Waals surface area contributed by atoms with Crippen molar-refractivity contribution in [3.05, 3.63) is 84.1 Å². The predicted octanol–water partition coefficient (Wildman–Crippen LogP) is 4.03. The van der Waals surface area contributed by atoms with E-state index in [-0.39, 0.29) is 11.9 Å². The minimum absolute atomic E-state index is 0.0504. The summed E-state index contributed by atoms with van der Waals surface area (Å²) in [6, 6.07) is 15.9. The molecule has 0 bridgehead atoms. The van der Waals surface area contributed by atoms with E-state index < -0.39 is 0 Å². The van der Waals surface area contributed by atoms with Crippen molar-refractivity contribution in [3.63, 3.8) is 0 Å². The summed E-state index contributed by atoms with van der Waals surface area (Å²) in [6.07, 6.45) is 8.05. The van der Waals surface area contributed by atoms with E-state index in [1.165, 1.54) is 5.56 Å². The molecule has 1 aliphatic rings. The first-order chi connectivity index (χ1) is 15.2. The molecule has 6 heteroatoms. The molecule has 0 radical (unpaired) electrons. The lowest BCUT2D eigenvalue weighted by Crippen LogP contribution is -2.47. The van der Waals surface area contributed by atoms with E-state index in [0.29, 0.717) is 12.3 Å².